The van der Waals surface area contributed by atoms with E-state index in [9.17, 15) is 4.79 Å². The highest BCUT2D eigenvalue weighted by molar-refractivity contribution is 6.31. The first-order valence-corrected chi connectivity index (χ1v) is 9.68. The Labute approximate surface area is 169 Å². The van der Waals surface area contributed by atoms with Gasteiger partial charge in [0, 0.05) is 22.7 Å². The Hall–Kier alpha value is -2.98. The Morgan fingerprint density at radius 2 is 1.71 bits per heavy atom. The summed E-state index contributed by atoms with van der Waals surface area (Å²) in [6, 6.07) is 23.1. The molecule has 1 N–H and O–H groups in total. The highest BCUT2D eigenvalue weighted by atomic mass is 35.5. The van der Waals surface area contributed by atoms with Crippen molar-refractivity contribution in [2.45, 2.75) is 19.6 Å². The van der Waals surface area contributed by atoms with Crippen molar-refractivity contribution in [3.8, 4) is 5.75 Å². The van der Waals surface area contributed by atoms with Crippen LogP contribution in [0.4, 0.5) is 5.69 Å². The van der Waals surface area contributed by atoms with Crippen molar-refractivity contribution in [2.24, 2.45) is 0 Å². The molecule has 28 heavy (non-hydrogen) atoms. The smallest absolute Gasteiger partial charge is 0.256 e. The van der Waals surface area contributed by atoms with E-state index >= 15 is 0 Å². The molecule has 4 rings (SSSR count). The lowest BCUT2D eigenvalue weighted by Gasteiger charge is -2.28. The number of rotatable bonds is 6. The number of nitrogens with zero attached hydrogens (tertiary/aromatic N) is 1. The molecule has 1 amide bonds. The van der Waals surface area contributed by atoms with E-state index in [4.69, 9.17) is 16.3 Å². The average Bonchev–Trinajstić information content (AvgIpc) is 2.97. The highest BCUT2D eigenvalue weighted by Gasteiger charge is 2.37. The number of benzene rings is 3. The number of hydrogen-bond donors (Lipinski definition) is 1. The summed E-state index contributed by atoms with van der Waals surface area (Å²) in [6.45, 7) is 2.94. The van der Waals surface area contributed by atoms with Crippen molar-refractivity contribution in [3.63, 3.8) is 0 Å². The minimum absolute atomic E-state index is 0.0121. The molecule has 0 fully saturated rings. The topological polar surface area (TPSA) is 41.6 Å². The predicted molar refractivity (Wildman–Crippen MR) is 112 cm³/mol. The molecule has 0 aliphatic carbocycles. The number of halogens is 1. The number of carbonyl (C=O) groups excluding carboxylic acids is 1. The van der Waals surface area contributed by atoms with E-state index < -0.39 is 0 Å². The molecule has 0 unspecified atom stereocenters. The second-order valence-corrected chi connectivity index (χ2v) is 6.99. The van der Waals surface area contributed by atoms with E-state index in [1.54, 1.807) is 0 Å². The second-order valence-electron chi connectivity index (χ2n) is 6.59. The molecule has 0 spiro atoms. The molecule has 4 nitrogen and oxygen atoms in total. The summed E-state index contributed by atoms with van der Waals surface area (Å²) in [6.07, 6.45) is -0.304. The van der Waals surface area contributed by atoms with Crippen molar-refractivity contribution >= 4 is 23.2 Å². The van der Waals surface area contributed by atoms with Crippen LogP contribution in [0.5, 0.6) is 5.75 Å². The van der Waals surface area contributed by atoms with Crippen LogP contribution in [0, 0.1) is 0 Å². The Balaban J connectivity index is 1.71. The van der Waals surface area contributed by atoms with Crippen molar-refractivity contribution < 1.29 is 9.53 Å². The van der Waals surface area contributed by atoms with Crippen LogP contribution in [-0.4, -0.2) is 17.4 Å². The summed E-state index contributed by atoms with van der Waals surface area (Å²) < 4.78 is 5.75. The lowest BCUT2D eigenvalue weighted by atomic mass is 10.1. The van der Waals surface area contributed by atoms with Crippen LogP contribution in [0.2, 0.25) is 5.02 Å². The van der Waals surface area contributed by atoms with E-state index in [1.165, 1.54) is 0 Å². The molecule has 0 radical (unpaired) electrons. The molecule has 142 valence electrons. The number of carbonyl (C=O) groups is 1. The molecular formula is C23H21ClN2O2. The standard InChI is InChI=1S/C23H21ClN2O2/c1-2-28-21-14-8-7-13-20(21)25-22-17-10-4-5-11-18(17)23(27)26(22)15-16-9-3-6-12-19(16)24/h3-14,22,25H,2,15H2,1H3/t22-/m1/s1. The molecular weight excluding hydrogens is 372 g/mol. The number of amides is 1. The maximum Gasteiger partial charge on any atom is 0.256 e. The van der Waals surface area contributed by atoms with Crippen LogP contribution in [0.1, 0.15) is 34.6 Å². The summed E-state index contributed by atoms with van der Waals surface area (Å²) in [4.78, 5) is 14.9. The molecule has 1 aliphatic rings. The lowest BCUT2D eigenvalue weighted by Crippen LogP contribution is -2.32. The number of nitrogens with one attached hydrogen (secondary N) is 1. The van der Waals surface area contributed by atoms with Gasteiger partial charge in [-0.05, 0) is 36.8 Å². The lowest BCUT2D eigenvalue weighted by molar-refractivity contribution is 0.0728. The van der Waals surface area contributed by atoms with E-state index in [0.29, 0.717) is 23.7 Å². The quantitative estimate of drug-likeness (QED) is 0.601. The molecule has 3 aromatic carbocycles. The van der Waals surface area contributed by atoms with Gasteiger partial charge in [0.2, 0.25) is 0 Å². The summed E-state index contributed by atoms with van der Waals surface area (Å²) in [5, 5.41) is 4.16. The van der Waals surface area contributed by atoms with Crippen LogP contribution < -0.4 is 10.1 Å². The number of para-hydroxylation sites is 2. The minimum atomic E-state index is -0.304. The number of hydrogen-bond acceptors (Lipinski definition) is 3. The number of fused-ring (bicyclic) bond motifs is 1. The first-order chi connectivity index (χ1) is 13.7. The molecule has 1 atom stereocenters. The Morgan fingerprint density at radius 1 is 1.00 bits per heavy atom. The zero-order chi connectivity index (χ0) is 19.5. The van der Waals surface area contributed by atoms with E-state index in [2.05, 4.69) is 5.32 Å². The van der Waals surface area contributed by atoms with E-state index in [0.717, 1.165) is 22.6 Å². The van der Waals surface area contributed by atoms with Crippen molar-refractivity contribution in [1.29, 1.82) is 0 Å². The number of anilines is 1. The number of ether oxygens (including phenoxy) is 1. The molecule has 1 heterocycles. The molecule has 0 bridgehead atoms. The van der Waals surface area contributed by atoms with Gasteiger partial charge in [-0.1, -0.05) is 60.1 Å². The zero-order valence-electron chi connectivity index (χ0n) is 15.6. The fraction of sp³-hybridized carbons (Fsp3) is 0.174. The van der Waals surface area contributed by atoms with Gasteiger partial charge in [0.05, 0.1) is 12.3 Å². The fourth-order valence-corrected chi connectivity index (χ4v) is 3.71. The van der Waals surface area contributed by atoms with Gasteiger partial charge in [-0.15, -0.1) is 0 Å². The second kappa shape index (κ2) is 7.95. The van der Waals surface area contributed by atoms with Crippen LogP contribution in [-0.2, 0) is 6.54 Å². The first-order valence-electron chi connectivity index (χ1n) is 9.30. The third kappa shape index (κ3) is 3.43. The molecule has 0 saturated carbocycles. The van der Waals surface area contributed by atoms with Crippen molar-refractivity contribution in [1.82, 2.24) is 4.90 Å². The summed E-state index contributed by atoms with van der Waals surface area (Å²) in [5.41, 5.74) is 3.42. The SMILES string of the molecule is CCOc1ccccc1N[C@H]1c2ccccc2C(=O)N1Cc1ccccc1Cl. The Bertz CT molecular complexity index is 1010. The van der Waals surface area contributed by atoms with Gasteiger partial charge in [0.25, 0.3) is 5.91 Å². The van der Waals surface area contributed by atoms with Crippen LogP contribution in [0.25, 0.3) is 0 Å². The molecule has 1 aliphatic heterocycles. The van der Waals surface area contributed by atoms with E-state index in [1.807, 2.05) is 84.6 Å². The summed E-state index contributed by atoms with van der Waals surface area (Å²) in [7, 11) is 0. The molecule has 0 aromatic heterocycles. The van der Waals surface area contributed by atoms with E-state index in [-0.39, 0.29) is 12.1 Å². The van der Waals surface area contributed by atoms with Gasteiger partial charge in [-0.25, -0.2) is 0 Å². The molecule has 5 heteroatoms. The Kier molecular flexibility index (Phi) is 5.22. The monoisotopic (exact) mass is 392 g/mol. The van der Waals surface area contributed by atoms with Crippen molar-refractivity contribution in [2.75, 3.05) is 11.9 Å². The maximum absolute atomic E-state index is 13.1. The van der Waals surface area contributed by atoms with Crippen LogP contribution in [0.15, 0.2) is 72.8 Å². The Morgan fingerprint density at radius 3 is 2.54 bits per heavy atom. The van der Waals surface area contributed by atoms with Gasteiger partial charge >= 0.3 is 0 Å². The van der Waals surface area contributed by atoms with Crippen molar-refractivity contribution in [3.05, 3.63) is 94.5 Å². The summed E-state index contributed by atoms with van der Waals surface area (Å²) in [5.74, 6) is 0.751. The third-order valence-corrected chi connectivity index (χ3v) is 5.20. The largest absolute Gasteiger partial charge is 0.492 e. The first kappa shape index (κ1) is 18.4. The normalized spacial score (nSPS) is 15.4. The van der Waals surface area contributed by atoms with Gasteiger partial charge in [-0.3, -0.25) is 4.79 Å². The van der Waals surface area contributed by atoms with Crippen LogP contribution in [0.3, 0.4) is 0 Å². The maximum atomic E-state index is 13.1. The predicted octanol–water partition coefficient (Wildman–Crippen LogP) is 5.51. The fourth-order valence-electron chi connectivity index (χ4n) is 3.51. The average molecular weight is 393 g/mol. The molecule has 0 saturated heterocycles. The van der Waals surface area contributed by atoms with Gasteiger partial charge in [-0.2, -0.15) is 0 Å². The van der Waals surface area contributed by atoms with Gasteiger partial charge < -0.3 is 15.0 Å². The zero-order valence-corrected chi connectivity index (χ0v) is 16.3. The minimum Gasteiger partial charge on any atom is -0.492 e. The van der Waals surface area contributed by atoms with Gasteiger partial charge in [0.1, 0.15) is 11.9 Å². The summed E-state index contributed by atoms with van der Waals surface area (Å²) >= 11 is 6.36. The highest BCUT2D eigenvalue weighted by Crippen LogP contribution is 2.38. The van der Waals surface area contributed by atoms with Gasteiger partial charge in [0.15, 0.2) is 0 Å². The van der Waals surface area contributed by atoms with Crippen LogP contribution >= 0.6 is 11.6 Å². The molecule has 3 aromatic rings. The third-order valence-electron chi connectivity index (χ3n) is 4.84.